The van der Waals surface area contributed by atoms with Gasteiger partial charge in [0.05, 0.1) is 11.1 Å². The SMILES string of the molecule is CCC(=O)N1CCN(C(=O)c2ccc3c(c2)C(=O)N(CCCOC)C3=O)CC1. The van der Waals surface area contributed by atoms with Crippen molar-refractivity contribution in [3.8, 4) is 0 Å². The van der Waals surface area contributed by atoms with Crippen molar-refractivity contribution in [2.75, 3.05) is 46.4 Å². The predicted molar refractivity (Wildman–Crippen MR) is 101 cm³/mol. The van der Waals surface area contributed by atoms with Gasteiger partial charge in [-0.3, -0.25) is 24.1 Å². The molecule has 4 amide bonds. The van der Waals surface area contributed by atoms with Crippen molar-refractivity contribution < 1.29 is 23.9 Å². The molecule has 1 aromatic rings. The van der Waals surface area contributed by atoms with E-state index < -0.39 is 0 Å². The molecule has 1 saturated heterocycles. The molecular weight excluding hydrogens is 362 g/mol. The second-order valence-corrected chi connectivity index (χ2v) is 6.90. The van der Waals surface area contributed by atoms with Crippen LogP contribution in [0.1, 0.15) is 50.8 Å². The van der Waals surface area contributed by atoms with Crippen LogP contribution in [0.2, 0.25) is 0 Å². The number of hydrogen-bond donors (Lipinski definition) is 0. The lowest BCUT2D eigenvalue weighted by atomic mass is 10.0. The van der Waals surface area contributed by atoms with Crippen molar-refractivity contribution in [3.63, 3.8) is 0 Å². The second kappa shape index (κ2) is 8.52. The summed E-state index contributed by atoms with van der Waals surface area (Å²) in [7, 11) is 1.57. The Balaban J connectivity index is 1.70. The lowest BCUT2D eigenvalue weighted by molar-refractivity contribution is -0.132. The smallest absolute Gasteiger partial charge is 0.261 e. The van der Waals surface area contributed by atoms with E-state index in [1.807, 2.05) is 6.92 Å². The third-order valence-electron chi connectivity index (χ3n) is 5.17. The Labute approximate surface area is 164 Å². The highest BCUT2D eigenvalue weighted by Gasteiger charge is 2.36. The minimum Gasteiger partial charge on any atom is -0.385 e. The van der Waals surface area contributed by atoms with Crippen molar-refractivity contribution in [1.29, 1.82) is 0 Å². The Morgan fingerprint density at radius 3 is 2.29 bits per heavy atom. The number of carbonyl (C=O) groups excluding carboxylic acids is 4. The maximum atomic E-state index is 12.8. The molecule has 8 nitrogen and oxygen atoms in total. The topological polar surface area (TPSA) is 87.2 Å². The number of amides is 4. The van der Waals surface area contributed by atoms with Gasteiger partial charge in [0.1, 0.15) is 0 Å². The first-order valence-electron chi connectivity index (χ1n) is 9.54. The molecule has 1 aromatic carbocycles. The van der Waals surface area contributed by atoms with Crippen molar-refractivity contribution in [2.24, 2.45) is 0 Å². The summed E-state index contributed by atoms with van der Waals surface area (Å²) in [6, 6.07) is 4.66. The summed E-state index contributed by atoms with van der Waals surface area (Å²) in [5, 5.41) is 0. The van der Waals surface area contributed by atoms with Crippen LogP contribution in [-0.2, 0) is 9.53 Å². The molecule has 1 fully saturated rings. The van der Waals surface area contributed by atoms with Crippen LogP contribution in [0.25, 0.3) is 0 Å². The van der Waals surface area contributed by atoms with Gasteiger partial charge in [-0.25, -0.2) is 0 Å². The van der Waals surface area contributed by atoms with E-state index in [0.717, 1.165) is 0 Å². The lowest BCUT2D eigenvalue weighted by Gasteiger charge is -2.34. The Bertz CT molecular complexity index is 799. The van der Waals surface area contributed by atoms with Gasteiger partial charge in [0.2, 0.25) is 5.91 Å². The van der Waals surface area contributed by atoms with E-state index in [9.17, 15) is 19.2 Å². The molecule has 0 saturated carbocycles. The van der Waals surface area contributed by atoms with Gasteiger partial charge in [-0.05, 0) is 24.6 Å². The first kappa shape index (κ1) is 20.0. The largest absolute Gasteiger partial charge is 0.385 e. The average Bonchev–Trinajstić information content (AvgIpc) is 2.97. The zero-order valence-electron chi connectivity index (χ0n) is 16.3. The Kier molecular flexibility index (Phi) is 6.08. The molecule has 0 bridgehead atoms. The highest BCUT2D eigenvalue weighted by Crippen LogP contribution is 2.25. The van der Waals surface area contributed by atoms with E-state index in [-0.39, 0.29) is 35.7 Å². The number of nitrogens with zero attached hydrogens (tertiary/aromatic N) is 3. The molecule has 0 N–H and O–H groups in total. The fourth-order valence-corrected chi connectivity index (χ4v) is 3.56. The number of fused-ring (bicyclic) bond motifs is 1. The molecule has 8 heteroatoms. The number of piperazine rings is 1. The van der Waals surface area contributed by atoms with Gasteiger partial charge < -0.3 is 14.5 Å². The summed E-state index contributed by atoms with van der Waals surface area (Å²) in [4.78, 5) is 54.3. The predicted octanol–water partition coefficient (Wildman–Crippen LogP) is 1.01. The third-order valence-corrected chi connectivity index (χ3v) is 5.17. The molecule has 0 unspecified atom stereocenters. The van der Waals surface area contributed by atoms with Gasteiger partial charge in [-0.15, -0.1) is 0 Å². The van der Waals surface area contributed by atoms with Crippen LogP contribution in [0, 0.1) is 0 Å². The van der Waals surface area contributed by atoms with Crippen LogP contribution < -0.4 is 0 Å². The van der Waals surface area contributed by atoms with Gasteiger partial charge in [0.25, 0.3) is 17.7 Å². The van der Waals surface area contributed by atoms with Crippen molar-refractivity contribution in [1.82, 2.24) is 14.7 Å². The highest BCUT2D eigenvalue weighted by atomic mass is 16.5. The van der Waals surface area contributed by atoms with Crippen LogP contribution >= 0.6 is 0 Å². The molecular formula is C20H25N3O5. The number of hydrogen-bond acceptors (Lipinski definition) is 5. The van der Waals surface area contributed by atoms with Crippen molar-refractivity contribution >= 4 is 23.6 Å². The van der Waals surface area contributed by atoms with Gasteiger partial charge in [-0.2, -0.15) is 0 Å². The Morgan fingerprint density at radius 1 is 1.00 bits per heavy atom. The number of ether oxygens (including phenoxy) is 1. The van der Waals surface area contributed by atoms with E-state index in [4.69, 9.17) is 4.74 Å². The molecule has 0 radical (unpaired) electrons. The average molecular weight is 387 g/mol. The monoisotopic (exact) mass is 387 g/mol. The zero-order chi connectivity index (χ0) is 20.3. The molecule has 150 valence electrons. The molecule has 0 spiro atoms. The first-order chi connectivity index (χ1) is 13.5. The van der Waals surface area contributed by atoms with Gasteiger partial charge in [-0.1, -0.05) is 6.92 Å². The molecule has 2 heterocycles. The van der Waals surface area contributed by atoms with Gasteiger partial charge >= 0.3 is 0 Å². The fraction of sp³-hybridized carbons (Fsp3) is 0.500. The number of imide groups is 1. The van der Waals surface area contributed by atoms with Gasteiger partial charge in [0, 0.05) is 58.4 Å². The van der Waals surface area contributed by atoms with Crippen LogP contribution in [0.3, 0.4) is 0 Å². The van der Waals surface area contributed by atoms with Crippen molar-refractivity contribution in [3.05, 3.63) is 34.9 Å². The van der Waals surface area contributed by atoms with Crippen LogP contribution in [0.4, 0.5) is 0 Å². The standard InChI is InChI=1S/C20H25N3O5/c1-3-17(24)21-8-10-22(11-9-21)18(25)14-5-6-15-16(13-14)20(27)23(19(15)26)7-4-12-28-2/h5-6,13H,3-4,7-12H2,1-2H3. The fourth-order valence-electron chi connectivity index (χ4n) is 3.56. The zero-order valence-corrected chi connectivity index (χ0v) is 16.3. The number of carbonyl (C=O) groups is 4. The normalized spacial score (nSPS) is 16.6. The molecule has 28 heavy (non-hydrogen) atoms. The van der Waals surface area contributed by atoms with E-state index in [1.165, 1.54) is 11.0 Å². The third kappa shape index (κ3) is 3.77. The molecule has 0 aliphatic carbocycles. The minimum absolute atomic E-state index is 0.0855. The number of benzene rings is 1. The van der Waals surface area contributed by atoms with E-state index >= 15 is 0 Å². The van der Waals surface area contributed by atoms with Crippen LogP contribution in [0.5, 0.6) is 0 Å². The lowest BCUT2D eigenvalue weighted by Crippen LogP contribution is -2.50. The van der Waals surface area contributed by atoms with E-state index in [0.29, 0.717) is 56.8 Å². The summed E-state index contributed by atoms with van der Waals surface area (Å²) < 4.78 is 4.97. The summed E-state index contributed by atoms with van der Waals surface area (Å²) in [5.41, 5.74) is 0.985. The van der Waals surface area contributed by atoms with E-state index in [1.54, 1.807) is 29.0 Å². The molecule has 2 aliphatic heterocycles. The Hall–Kier alpha value is -2.74. The molecule has 2 aliphatic rings. The maximum absolute atomic E-state index is 12.8. The summed E-state index contributed by atoms with van der Waals surface area (Å²) in [6.45, 7) is 4.50. The quantitative estimate of drug-likeness (QED) is 0.537. The maximum Gasteiger partial charge on any atom is 0.261 e. The number of rotatable bonds is 6. The molecule has 0 aromatic heterocycles. The molecule has 0 atom stereocenters. The Morgan fingerprint density at radius 2 is 1.64 bits per heavy atom. The second-order valence-electron chi connectivity index (χ2n) is 6.90. The first-order valence-corrected chi connectivity index (χ1v) is 9.54. The number of methoxy groups -OCH3 is 1. The summed E-state index contributed by atoms with van der Waals surface area (Å²) >= 11 is 0. The van der Waals surface area contributed by atoms with Crippen LogP contribution in [-0.4, -0.2) is 84.8 Å². The summed E-state index contributed by atoms with van der Waals surface area (Å²) in [6.07, 6.45) is 1.02. The minimum atomic E-state index is -0.371. The molecule has 3 rings (SSSR count). The van der Waals surface area contributed by atoms with E-state index in [2.05, 4.69) is 0 Å². The van der Waals surface area contributed by atoms with Crippen LogP contribution in [0.15, 0.2) is 18.2 Å². The summed E-state index contributed by atoms with van der Waals surface area (Å²) in [5.74, 6) is -0.808. The highest BCUT2D eigenvalue weighted by molar-refractivity contribution is 6.22. The van der Waals surface area contributed by atoms with Crippen molar-refractivity contribution in [2.45, 2.75) is 19.8 Å². The van der Waals surface area contributed by atoms with Gasteiger partial charge in [0.15, 0.2) is 0 Å².